The van der Waals surface area contributed by atoms with E-state index < -0.39 is 0 Å². The zero-order valence-corrected chi connectivity index (χ0v) is 10.7. The summed E-state index contributed by atoms with van der Waals surface area (Å²) in [5.74, 6) is 2.41. The van der Waals surface area contributed by atoms with Crippen LogP contribution in [0.3, 0.4) is 0 Å². The maximum absolute atomic E-state index is 5.94. The summed E-state index contributed by atoms with van der Waals surface area (Å²) >= 11 is 1.67. The average molecular weight is 249 g/mol. The molecule has 0 saturated heterocycles. The Kier molecular flexibility index (Phi) is 3.58. The van der Waals surface area contributed by atoms with E-state index in [2.05, 4.69) is 12.0 Å². The molecule has 0 fully saturated rings. The van der Waals surface area contributed by atoms with E-state index in [9.17, 15) is 0 Å². The summed E-state index contributed by atoms with van der Waals surface area (Å²) in [6.07, 6.45) is 0. The maximum atomic E-state index is 5.94. The molecule has 1 heterocycles. The highest BCUT2D eigenvalue weighted by Crippen LogP contribution is 2.23. The molecule has 0 spiro atoms. The summed E-state index contributed by atoms with van der Waals surface area (Å²) in [5.41, 5.74) is 6.85. The monoisotopic (exact) mass is 249 g/mol. The summed E-state index contributed by atoms with van der Waals surface area (Å²) in [4.78, 5) is 0. The van der Waals surface area contributed by atoms with Gasteiger partial charge >= 0.3 is 0 Å². The van der Waals surface area contributed by atoms with Crippen LogP contribution in [0.1, 0.15) is 6.92 Å². The summed E-state index contributed by atoms with van der Waals surface area (Å²) in [6.45, 7) is 2.09. The summed E-state index contributed by atoms with van der Waals surface area (Å²) < 4.78 is 6.91. The number of rotatable bonds is 4. The molecule has 0 radical (unpaired) electrons. The van der Waals surface area contributed by atoms with E-state index in [-0.39, 0.29) is 0 Å². The first-order valence-electron chi connectivity index (χ1n) is 5.37. The molecule has 5 heteroatoms. The largest absolute Gasteiger partial charge is 0.497 e. The topological polar surface area (TPSA) is 53.1 Å². The van der Waals surface area contributed by atoms with Gasteiger partial charge in [-0.25, -0.2) is 4.68 Å². The lowest BCUT2D eigenvalue weighted by atomic mass is 10.3. The number of aromatic nitrogens is 2. The third kappa shape index (κ3) is 2.55. The van der Waals surface area contributed by atoms with Gasteiger partial charge in [0.25, 0.3) is 0 Å². The number of nitrogens with two attached hydrogens (primary N) is 1. The van der Waals surface area contributed by atoms with Crippen molar-refractivity contribution < 1.29 is 4.74 Å². The lowest BCUT2D eigenvalue weighted by Crippen LogP contribution is -2.01. The maximum Gasteiger partial charge on any atom is 0.128 e. The molecule has 1 aromatic heterocycles. The number of benzene rings is 1. The Labute approximate surface area is 105 Å². The van der Waals surface area contributed by atoms with Crippen LogP contribution in [0, 0.1) is 0 Å². The molecule has 0 unspecified atom stereocenters. The van der Waals surface area contributed by atoms with Gasteiger partial charge in [0.2, 0.25) is 0 Å². The van der Waals surface area contributed by atoms with Crippen LogP contribution in [0.4, 0.5) is 5.82 Å². The fourth-order valence-corrected chi connectivity index (χ4v) is 2.18. The first-order valence-corrected chi connectivity index (χ1v) is 6.36. The second-order valence-corrected chi connectivity index (χ2v) is 4.74. The molecule has 0 aliphatic rings. The van der Waals surface area contributed by atoms with Crippen molar-refractivity contribution in [3.05, 3.63) is 30.3 Å². The molecule has 17 heavy (non-hydrogen) atoms. The predicted molar refractivity (Wildman–Crippen MR) is 70.9 cm³/mol. The van der Waals surface area contributed by atoms with Gasteiger partial charge in [-0.2, -0.15) is 5.10 Å². The van der Waals surface area contributed by atoms with Crippen molar-refractivity contribution in [3.63, 3.8) is 0 Å². The smallest absolute Gasteiger partial charge is 0.128 e. The zero-order valence-electron chi connectivity index (χ0n) is 9.88. The highest BCUT2D eigenvalue weighted by atomic mass is 32.2. The molecular weight excluding hydrogens is 234 g/mol. The fourth-order valence-electron chi connectivity index (χ4n) is 1.54. The normalized spacial score (nSPS) is 10.5. The molecule has 90 valence electrons. The van der Waals surface area contributed by atoms with Crippen molar-refractivity contribution >= 4 is 17.6 Å². The second kappa shape index (κ2) is 5.14. The third-order valence-corrected chi connectivity index (χ3v) is 3.09. The lowest BCUT2D eigenvalue weighted by Gasteiger charge is -2.05. The number of methoxy groups -OCH3 is 1. The van der Waals surface area contributed by atoms with Crippen molar-refractivity contribution in [1.82, 2.24) is 9.78 Å². The van der Waals surface area contributed by atoms with Crippen LogP contribution in [-0.4, -0.2) is 22.6 Å². The molecule has 2 N–H and O–H groups in total. The number of nitrogen functional groups attached to an aromatic ring is 1. The molecule has 0 amide bonds. The van der Waals surface area contributed by atoms with Gasteiger partial charge in [-0.1, -0.05) is 13.0 Å². The van der Waals surface area contributed by atoms with E-state index in [1.54, 1.807) is 23.6 Å². The average Bonchev–Trinajstić information content (AvgIpc) is 2.71. The van der Waals surface area contributed by atoms with E-state index >= 15 is 0 Å². The first kappa shape index (κ1) is 11.9. The Hall–Kier alpha value is -1.62. The fraction of sp³-hybridized carbons (Fsp3) is 0.250. The molecule has 0 aliphatic carbocycles. The van der Waals surface area contributed by atoms with Crippen molar-refractivity contribution in [2.75, 3.05) is 18.6 Å². The Balaban J connectivity index is 2.37. The third-order valence-electron chi connectivity index (χ3n) is 2.30. The molecule has 2 aromatic rings. The number of nitrogens with zero attached hydrogens (tertiary/aromatic N) is 2. The van der Waals surface area contributed by atoms with Gasteiger partial charge in [-0.15, -0.1) is 11.8 Å². The lowest BCUT2D eigenvalue weighted by molar-refractivity contribution is 0.414. The molecule has 0 atom stereocenters. The molecule has 1 aromatic carbocycles. The Morgan fingerprint density at radius 3 is 2.94 bits per heavy atom. The van der Waals surface area contributed by atoms with Crippen molar-refractivity contribution in [2.45, 2.75) is 11.9 Å². The molecular formula is C12H15N3OS. The number of anilines is 1. The van der Waals surface area contributed by atoms with Crippen molar-refractivity contribution in [3.8, 4) is 11.4 Å². The minimum atomic E-state index is 0.634. The molecule has 0 aliphatic heterocycles. The van der Waals surface area contributed by atoms with Gasteiger partial charge in [-0.3, -0.25) is 0 Å². The molecule has 4 nitrogen and oxygen atoms in total. The van der Waals surface area contributed by atoms with Crippen molar-refractivity contribution in [2.24, 2.45) is 0 Å². The minimum Gasteiger partial charge on any atom is -0.497 e. The number of hydrogen-bond acceptors (Lipinski definition) is 4. The predicted octanol–water partition coefficient (Wildman–Crippen LogP) is 2.58. The van der Waals surface area contributed by atoms with E-state index in [1.165, 1.54) is 0 Å². The highest BCUT2D eigenvalue weighted by molar-refractivity contribution is 7.99. The van der Waals surface area contributed by atoms with Crippen LogP contribution in [0.5, 0.6) is 5.75 Å². The van der Waals surface area contributed by atoms with Gasteiger partial charge < -0.3 is 10.5 Å². The Morgan fingerprint density at radius 2 is 2.24 bits per heavy atom. The van der Waals surface area contributed by atoms with Gasteiger partial charge in [0.1, 0.15) is 16.6 Å². The van der Waals surface area contributed by atoms with E-state index in [0.717, 1.165) is 22.2 Å². The van der Waals surface area contributed by atoms with Crippen LogP contribution in [0.15, 0.2) is 35.4 Å². The first-order chi connectivity index (χ1) is 8.24. The SMILES string of the molecule is CCSc1cc(N)n(-c2cccc(OC)c2)n1. The van der Waals surface area contributed by atoms with Crippen LogP contribution >= 0.6 is 11.8 Å². The zero-order chi connectivity index (χ0) is 12.3. The van der Waals surface area contributed by atoms with Crippen LogP contribution in [0.25, 0.3) is 5.69 Å². The van der Waals surface area contributed by atoms with Crippen LogP contribution in [-0.2, 0) is 0 Å². The Bertz CT molecular complexity index is 510. The van der Waals surface area contributed by atoms with E-state index in [4.69, 9.17) is 10.5 Å². The quantitative estimate of drug-likeness (QED) is 0.846. The van der Waals surface area contributed by atoms with E-state index in [1.807, 2.05) is 30.3 Å². The van der Waals surface area contributed by atoms with Crippen LogP contribution < -0.4 is 10.5 Å². The number of thioether (sulfide) groups is 1. The van der Waals surface area contributed by atoms with Gasteiger partial charge in [0.15, 0.2) is 0 Å². The summed E-state index contributed by atoms with van der Waals surface area (Å²) in [5, 5.41) is 5.38. The van der Waals surface area contributed by atoms with Gasteiger partial charge in [0, 0.05) is 12.1 Å². The van der Waals surface area contributed by atoms with Crippen LogP contribution in [0.2, 0.25) is 0 Å². The molecule has 2 rings (SSSR count). The molecule has 0 bridgehead atoms. The highest BCUT2D eigenvalue weighted by Gasteiger charge is 2.07. The van der Waals surface area contributed by atoms with Gasteiger partial charge in [0.05, 0.1) is 12.8 Å². The minimum absolute atomic E-state index is 0.634. The number of hydrogen-bond donors (Lipinski definition) is 1. The summed E-state index contributed by atoms with van der Waals surface area (Å²) in [6, 6.07) is 9.55. The van der Waals surface area contributed by atoms with E-state index in [0.29, 0.717) is 5.82 Å². The standard InChI is InChI=1S/C12H15N3OS/c1-3-17-12-8-11(13)15(14-12)9-5-4-6-10(7-9)16-2/h4-8H,3,13H2,1-2H3. The number of ether oxygens (including phenoxy) is 1. The Morgan fingerprint density at radius 1 is 1.41 bits per heavy atom. The van der Waals surface area contributed by atoms with Crippen molar-refractivity contribution in [1.29, 1.82) is 0 Å². The molecule has 0 saturated carbocycles. The van der Waals surface area contributed by atoms with Gasteiger partial charge in [-0.05, 0) is 17.9 Å². The second-order valence-electron chi connectivity index (χ2n) is 3.45. The summed E-state index contributed by atoms with van der Waals surface area (Å²) in [7, 11) is 1.64.